The van der Waals surface area contributed by atoms with Crippen molar-refractivity contribution in [2.75, 3.05) is 13.7 Å². The number of aliphatic hydroxyl groups excluding tert-OH is 1. The zero-order valence-electron chi connectivity index (χ0n) is 16.3. The number of hydrogen-bond donors (Lipinski definition) is 1. The SMILES string of the molecule is COC(=O)CCC=C=CC[C@H]1C(=O)CC[C@@H]1/C=C/[C@@H](O)COc1ccccc1. The summed E-state index contributed by atoms with van der Waals surface area (Å²) in [6.07, 6.45) is 9.44. The molecule has 1 fully saturated rings. The minimum absolute atomic E-state index is 0.0833. The first-order chi connectivity index (χ1) is 13.6. The van der Waals surface area contributed by atoms with E-state index >= 15 is 0 Å². The van der Waals surface area contributed by atoms with E-state index in [1.807, 2.05) is 42.5 Å². The number of aliphatic hydroxyl groups is 1. The third-order valence-electron chi connectivity index (χ3n) is 4.73. The van der Waals surface area contributed by atoms with Gasteiger partial charge in [0.15, 0.2) is 0 Å². The summed E-state index contributed by atoms with van der Waals surface area (Å²) >= 11 is 0. The number of Topliss-reactive ketones (excluding diaryl/α,β-unsaturated/α-hetero) is 1. The summed E-state index contributed by atoms with van der Waals surface area (Å²) in [5.41, 5.74) is 3.03. The van der Waals surface area contributed by atoms with Crippen LogP contribution in [0.2, 0.25) is 0 Å². The molecule has 0 aromatic heterocycles. The van der Waals surface area contributed by atoms with E-state index in [1.54, 1.807) is 12.2 Å². The van der Waals surface area contributed by atoms with Crippen LogP contribution in [0.15, 0.2) is 60.4 Å². The molecule has 0 heterocycles. The molecule has 1 aliphatic rings. The summed E-state index contributed by atoms with van der Waals surface area (Å²) in [6.45, 7) is 0.175. The highest BCUT2D eigenvalue weighted by Crippen LogP contribution is 2.32. The van der Waals surface area contributed by atoms with Gasteiger partial charge in [-0.15, -0.1) is 5.73 Å². The highest BCUT2D eigenvalue weighted by atomic mass is 16.5. The quantitative estimate of drug-likeness (QED) is 0.379. The van der Waals surface area contributed by atoms with Gasteiger partial charge in [-0.2, -0.15) is 0 Å². The topological polar surface area (TPSA) is 72.8 Å². The van der Waals surface area contributed by atoms with Gasteiger partial charge < -0.3 is 14.6 Å². The second kappa shape index (κ2) is 12.0. The molecule has 0 radical (unpaired) electrons. The summed E-state index contributed by atoms with van der Waals surface area (Å²) in [5.74, 6) is 0.751. The van der Waals surface area contributed by atoms with Crippen LogP contribution in [0.3, 0.4) is 0 Å². The van der Waals surface area contributed by atoms with E-state index in [9.17, 15) is 14.7 Å². The van der Waals surface area contributed by atoms with Crippen LogP contribution >= 0.6 is 0 Å². The van der Waals surface area contributed by atoms with Gasteiger partial charge >= 0.3 is 5.97 Å². The molecule has 0 aliphatic heterocycles. The van der Waals surface area contributed by atoms with E-state index in [4.69, 9.17) is 4.74 Å². The van der Waals surface area contributed by atoms with E-state index in [0.29, 0.717) is 31.4 Å². The number of ketones is 1. The number of para-hydroxylation sites is 1. The number of esters is 1. The van der Waals surface area contributed by atoms with E-state index in [-0.39, 0.29) is 30.2 Å². The minimum Gasteiger partial charge on any atom is -0.491 e. The number of carbonyl (C=O) groups excluding carboxylic acids is 2. The van der Waals surface area contributed by atoms with Crippen LogP contribution in [-0.2, 0) is 14.3 Å². The minimum atomic E-state index is -0.717. The first-order valence-electron chi connectivity index (χ1n) is 9.63. The lowest BCUT2D eigenvalue weighted by Gasteiger charge is -2.14. The van der Waals surface area contributed by atoms with Crippen molar-refractivity contribution < 1.29 is 24.2 Å². The van der Waals surface area contributed by atoms with Gasteiger partial charge in [-0.1, -0.05) is 30.4 Å². The van der Waals surface area contributed by atoms with Gasteiger partial charge in [-0.05, 0) is 49.5 Å². The monoisotopic (exact) mass is 384 g/mol. The smallest absolute Gasteiger partial charge is 0.305 e. The Kier molecular flexibility index (Phi) is 9.26. The molecule has 1 aromatic carbocycles. The van der Waals surface area contributed by atoms with Crippen LogP contribution in [0.4, 0.5) is 0 Å². The summed E-state index contributed by atoms with van der Waals surface area (Å²) in [5, 5.41) is 10.1. The fourth-order valence-electron chi connectivity index (χ4n) is 3.15. The lowest BCUT2D eigenvalue weighted by molar-refractivity contribution is -0.140. The van der Waals surface area contributed by atoms with Crippen molar-refractivity contribution in [2.24, 2.45) is 11.8 Å². The molecule has 3 atom stereocenters. The van der Waals surface area contributed by atoms with Gasteiger partial charge in [0.1, 0.15) is 24.2 Å². The van der Waals surface area contributed by atoms with Crippen LogP contribution in [0.25, 0.3) is 0 Å². The maximum absolute atomic E-state index is 12.1. The molecule has 1 N–H and O–H groups in total. The second-order valence-electron chi connectivity index (χ2n) is 6.78. The van der Waals surface area contributed by atoms with Crippen molar-refractivity contribution in [2.45, 2.75) is 38.2 Å². The Balaban J connectivity index is 1.79. The second-order valence-corrected chi connectivity index (χ2v) is 6.78. The lowest BCUT2D eigenvalue weighted by Crippen LogP contribution is -2.16. The number of hydrogen-bond acceptors (Lipinski definition) is 5. The Morgan fingerprint density at radius 3 is 2.86 bits per heavy atom. The van der Waals surface area contributed by atoms with Gasteiger partial charge in [-0.25, -0.2) is 0 Å². The molecule has 2 rings (SSSR count). The lowest BCUT2D eigenvalue weighted by atomic mass is 9.91. The standard InChI is InChI=1S/C23H28O5/c1-27-23(26)12-8-3-2-7-11-21-18(14-16-22(21)25)13-15-19(24)17-28-20-9-5-4-6-10-20/h3-7,9-10,13,15,18-19,21,24H,8,11-12,14,16-17H2,1H3/b15-13+/t2?,18-,19+,21+/m0/s1. The average Bonchev–Trinajstić information content (AvgIpc) is 3.07. The number of rotatable bonds is 10. The van der Waals surface area contributed by atoms with E-state index in [1.165, 1.54) is 7.11 Å². The van der Waals surface area contributed by atoms with Crippen molar-refractivity contribution in [3.63, 3.8) is 0 Å². The third-order valence-corrected chi connectivity index (χ3v) is 4.73. The molecule has 150 valence electrons. The molecular formula is C23H28O5. The van der Waals surface area contributed by atoms with Gasteiger partial charge in [0, 0.05) is 18.8 Å². The largest absolute Gasteiger partial charge is 0.491 e. The Morgan fingerprint density at radius 1 is 1.32 bits per heavy atom. The highest BCUT2D eigenvalue weighted by Gasteiger charge is 2.31. The van der Waals surface area contributed by atoms with Crippen molar-refractivity contribution in [1.82, 2.24) is 0 Å². The van der Waals surface area contributed by atoms with Crippen LogP contribution < -0.4 is 4.74 Å². The Hall–Kier alpha value is -2.62. The van der Waals surface area contributed by atoms with Crippen LogP contribution in [-0.4, -0.2) is 36.7 Å². The van der Waals surface area contributed by atoms with Crippen molar-refractivity contribution in [3.8, 4) is 5.75 Å². The van der Waals surface area contributed by atoms with E-state index in [2.05, 4.69) is 10.5 Å². The fraction of sp³-hybridized carbons (Fsp3) is 0.435. The first kappa shape index (κ1) is 21.7. The summed E-state index contributed by atoms with van der Waals surface area (Å²) in [6, 6.07) is 9.34. The molecule has 1 aliphatic carbocycles. The van der Waals surface area contributed by atoms with E-state index in [0.717, 1.165) is 6.42 Å². The first-order valence-corrected chi connectivity index (χ1v) is 9.63. The molecule has 5 heteroatoms. The van der Waals surface area contributed by atoms with Crippen molar-refractivity contribution in [1.29, 1.82) is 0 Å². The predicted octanol–water partition coefficient (Wildman–Crippen LogP) is 3.63. The molecule has 0 amide bonds. The van der Waals surface area contributed by atoms with Gasteiger partial charge in [0.25, 0.3) is 0 Å². The molecule has 0 unspecified atom stereocenters. The summed E-state index contributed by atoms with van der Waals surface area (Å²) in [7, 11) is 1.37. The number of allylic oxidation sites excluding steroid dienone is 2. The zero-order chi connectivity index (χ0) is 20.2. The molecule has 28 heavy (non-hydrogen) atoms. The average molecular weight is 384 g/mol. The molecule has 0 spiro atoms. The Morgan fingerprint density at radius 2 is 2.11 bits per heavy atom. The number of ether oxygens (including phenoxy) is 2. The van der Waals surface area contributed by atoms with Gasteiger partial charge in [-0.3, -0.25) is 9.59 Å². The molecule has 0 bridgehead atoms. The predicted molar refractivity (Wildman–Crippen MR) is 107 cm³/mol. The van der Waals surface area contributed by atoms with Crippen LogP contribution in [0, 0.1) is 11.8 Å². The van der Waals surface area contributed by atoms with Crippen LogP contribution in [0.5, 0.6) is 5.75 Å². The Labute approximate surface area is 166 Å². The number of benzene rings is 1. The van der Waals surface area contributed by atoms with Crippen molar-refractivity contribution in [3.05, 3.63) is 60.4 Å². The summed E-state index contributed by atoms with van der Waals surface area (Å²) < 4.78 is 10.1. The molecule has 1 saturated carbocycles. The Bertz CT molecular complexity index is 716. The van der Waals surface area contributed by atoms with Gasteiger partial charge in [0.2, 0.25) is 0 Å². The van der Waals surface area contributed by atoms with Crippen molar-refractivity contribution >= 4 is 11.8 Å². The fourth-order valence-corrected chi connectivity index (χ4v) is 3.15. The van der Waals surface area contributed by atoms with Crippen LogP contribution in [0.1, 0.15) is 32.1 Å². The number of carbonyl (C=O) groups is 2. The molecule has 5 nitrogen and oxygen atoms in total. The normalized spacial score (nSPS) is 19.9. The van der Waals surface area contributed by atoms with Gasteiger partial charge in [0.05, 0.1) is 7.11 Å². The number of methoxy groups -OCH3 is 1. The zero-order valence-corrected chi connectivity index (χ0v) is 16.3. The molecular weight excluding hydrogens is 356 g/mol. The summed E-state index contributed by atoms with van der Waals surface area (Å²) in [4.78, 5) is 23.2. The molecule has 0 saturated heterocycles. The third kappa shape index (κ3) is 7.55. The maximum atomic E-state index is 12.1. The maximum Gasteiger partial charge on any atom is 0.305 e. The van der Waals surface area contributed by atoms with E-state index < -0.39 is 6.10 Å². The molecule has 1 aromatic rings. The highest BCUT2D eigenvalue weighted by molar-refractivity contribution is 5.83.